The molecule has 0 saturated heterocycles. The summed E-state index contributed by atoms with van der Waals surface area (Å²) in [6.45, 7) is 0. The van der Waals surface area contributed by atoms with Crippen molar-refractivity contribution < 1.29 is 8.42 Å². The van der Waals surface area contributed by atoms with Gasteiger partial charge in [-0.15, -0.1) is 0 Å². The van der Waals surface area contributed by atoms with Crippen LogP contribution in [0.3, 0.4) is 0 Å². The molecule has 21 heavy (non-hydrogen) atoms. The zero-order valence-electron chi connectivity index (χ0n) is 10.1. The Morgan fingerprint density at radius 1 is 1.29 bits per heavy atom. The first-order valence-electron chi connectivity index (χ1n) is 5.37. The number of hydrogen-bond acceptors (Lipinski definition) is 4. The molecule has 0 saturated carbocycles. The molecule has 1 N–H and O–H groups in total. The second-order valence-corrected chi connectivity index (χ2v) is 7.21. The number of hydrogen-bond donors (Lipinski definition) is 1. The molecule has 0 aliphatic rings. The van der Waals surface area contributed by atoms with E-state index in [-0.39, 0.29) is 26.3 Å². The van der Waals surface area contributed by atoms with Gasteiger partial charge in [0.25, 0.3) is 10.0 Å². The molecule has 108 valence electrons. The van der Waals surface area contributed by atoms with Crippen molar-refractivity contribution in [2.75, 3.05) is 4.72 Å². The summed E-state index contributed by atoms with van der Waals surface area (Å²) in [5, 5.41) is 8.85. The third-order valence-electron chi connectivity index (χ3n) is 2.42. The summed E-state index contributed by atoms with van der Waals surface area (Å²) >= 11 is 14.9. The van der Waals surface area contributed by atoms with Crippen LogP contribution >= 0.6 is 39.1 Å². The highest BCUT2D eigenvalue weighted by molar-refractivity contribution is 9.10. The fourth-order valence-corrected chi connectivity index (χ4v) is 3.36. The maximum absolute atomic E-state index is 12.3. The van der Waals surface area contributed by atoms with Gasteiger partial charge in [-0.3, -0.25) is 4.72 Å². The molecule has 5 nitrogen and oxygen atoms in total. The lowest BCUT2D eigenvalue weighted by Crippen LogP contribution is -2.13. The molecule has 0 aliphatic carbocycles. The van der Waals surface area contributed by atoms with Crippen molar-refractivity contribution >= 4 is 54.8 Å². The van der Waals surface area contributed by atoms with Gasteiger partial charge in [0, 0.05) is 10.7 Å². The lowest BCUT2D eigenvalue weighted by molar-refractivity contribution is 0.601. The molecule has 0 amide bonds. The highest BCUT2D eigenvalue weighted by Crippen LogP contribution is 2.27. The molecule has 2 aromatic rings. The van der Waals surface area contributed by atoms with Crippen LogP contribution in [-0.4, -0.2) is 13.4 Å². The van der Waals surface area contributed by atoms with Gasteiger partial charge in [-0.1, -0.05) is 23.2 Å². The van der Waals surface area contributed by atoms with Crippen LogP contribution in [0.2, 0.25) is 10.2 Å². The van der Waals surface area contributed by atoms with Crippen LogP contribution in [0.25, 0.3) is 0 Å². The van der Waals surface area contributed by atoms with Gasteiger partial charge in [0.05, 0.1) is 21.2 Å². The van der Waals surface area contributed by atoms with Crippen LogP contribution < -0.4 is 4.72 Å². The maximum atomic E-state index is 12.3. The van der Waals surface area contributed by atoms with E-state index in [1.807, 2.05) is 6.07 Å². The summed E-state index contributed by atoms with van der Waals surface area (Å²) in [4.78, 5) is 3.74. The second kappa shape index (κ2) is 6.20. The predicted molar refractivity (Wildman–Crippen MR) is 83.9 cm³/mol. The Morgan fingerprint density at radius 3 is 2.62 bits per heavy atom. The number of halogens is 3. The Labute approximate surface area is 139 Å². The molecule has 0 unspecified atom stereocenters. The smallest absolute Gasteiger partial charge is 0.262 e. The first-order valence-corrected chi connectivity index (χ1v) is 8.40. The quantitative estimate of drug-likeness (QED) is 0.785. The van der Waals surface area contributed by atoms with Crippen LogP contribution in [0.1, 0.15) is 5.56 Å². The zero-order chi connectivity index (χ0) is 15.6. The number of anilines is 1. The third kappa shape index (κ3) is 3.66. The monoisotopic (exact) mass is 405 g/mol. The number of rotatable bonds is 3. The summed E-state index contributed by atoms with van der Waals surface area (Å²) in [5.41, 5.74) is 0.323. The predicted octanol–water partition coefficient (Wildman–Crippen LogP) is 3.82. The van der Waals surface area contributed by atoms with Crippen molar-refractivity contribution in [3.05, 3.63) is 50.7 Å². The standard InChI is InChI=1S/C12H6BrCl2N3O2S/c13-8-3-11(12(15)17-6-8)18-21(19,20)9-2-1-7(5-16)10(14)4-9/h1-4,6,18H. The molecule has 0 fully saturated rings. The van der Waals surface area contributed by atoms with Crippen LogP contribution in [0.5, 0.6) is 0 Å². The Balaban J connectivity index is 2.41. The van der Waals surface area contributed by atoms with E-state index in [1.54, 1.807) is 0 Å². The highest BCUT2D eigenvalue weighted by Gasteiger charge is 2.18. The van der Waals surface area contributed by atoms with Crippen LogP contribution in [0.4, 0.5) is 5.69 Å². The molecule has 2 rings (SSSR count). The van der Waals surface area contributed by atoms with Gasteiger partial charge in [-0.25, -0.2) is 13.4 Å². The minimum absolute atomic E-state index is 0.0153. The van der Waals surface area contributed by atoms with Crippen LogP contribution in [0.15, 0.2) is 39.8 Å². The van der Waals surface area contributed by atoms with Gasteiger partial charge in [0.1, 0.15) is 6.07 Å². The maximum Gasteiger partial charge on any atom is 0.262 e. The molecule has 0 aliphatic heterocycles. The van der Waals surface area contributed by atoms with E-state index in [0.29, 0.717) is 4.47 Å². The second-order valence-electron chi connectivity index (χ2n) is 3.85. The Bertz CT molecular complexity index is 850. The minimum atomic E-state index is -3.89. The summed E-state index contributed by atoms with van der Waals surface area (Å²) in [7, 11) is -3.89. The Hall–Kier alpha value is -1.33. The molecule has 0 bridgehead atoms. The van der Waals surface area contributed by atoms with Gasteiger partial charge in [0.15, 0.2) is 5.15 Å². The molecule has 9 heteroatoms. The fourth-order valence-electron chi connectivity index (χ4n) is 1.45. The molecule has 1 aromatic heterocycles. The summed E-state index contributed by atoms with van der Waals surface area (Å²) in [5.74, 6) is 0. The van der Waals surface area contributed by atoms with Gasteiger partial charge in [-0.2, -0.15) is 5.26 Å². The van der Waals surface area contributed by atoms with Crippen molar-refractivity contribution in [1.82, 2.24) is 4.98 Å². The molecule has 0 radical (unpaired) electrons. The van der Waals surface area contributed by atoms with E-state index in [4.69, 9.17) is 28.5 Å². The van der Waals surface area contributed by atoms with E-state index in [2.05, 4.69) is 25.6 Å². The average Bonchev–Trinajstić information content (AvgIpc) is 2.42. The number of aromatic nitrogens is 1. The van der Waals surface area contributed by atoms with Crippen molar-refractivity contribution in [2.24, 2.45) is 0 Å². The number of pyridine rings is 1. The zero-order valence-corrected chi connectivity index (χ0v) is 14.1. The highest BCUT2D eigenvalue weighted by atomic mass is 79.9. The van der Waals surface area contributed by atoms with E-state index in [1.165, 1.54) is 30.5 Å². The normalized spacial score (nSPS) is 11.0. The van der Waals surface area contributed by atoms with Gasteiger partial charge in [-0.05, 0) is 40.2 Å². The third-order valence-corrected chi connectivity index (χ3v) is 4.83. The number of sulfonamides is 1. The van der Waals surface area contributed by atoms with Crippen LogP contribution in [-0.2, 0) is 10.0 Å². The van der Waals surface area contributed by atoms with E-state index < -0.39 is 10.0 Å². The van der Waals surface area contributed by atoms with E-state index in [9.17, 15) is 8.42 Å². The van der Waals surface area contributed by atoms with Gasteiger partial charge in [0.2, 0.25) is 0 Å². The SMILES string of the molecule is N#Cc1ccc(S(=O)(=O)Nc2cc(Br)cnc2Cl)cc1Cl. The minimum Gasteiger partial charge on any atom is -0.276 e. The molecule has 0 spiro atoms. The number of nitriles is 1. The molecule has 1 aromatic carbocycles. The summed E-state index contributed by atoms with van der Waals surface area (Å²) in [6.07, 6.45) is 1.44. The lowest BCUT2D eigenvalue weighted by atomic mass is 10.2. The van der Waals surface area contributed by atoms with E-state index in [0.717, 1.165) is 0 Å². The first kappa shape index (κ1) is 16.0. The molecule has 1 heterocycles. The number of benzene rings is 1. The molecular weight excluding hydrogens is 401 g/mol. The topological polar surface area (TPSA) is 82.8 Å². The van der Waals surface area contributed by atoms with Gasteiger partial charge < -0.3 is 0 Å². The summed E-state index contributed by atoms with van der Waals surface area (Å²) in [6, 6.07) is 7.15. The van der Waals surface area contributed by atoms with Crippen molar-refractivity contribution in [3.63, 3.8) is 0 Å². The van der Waals surface area contributed by atoms with Crippen molar-refractivity contribution in [3.8, 4) is 6.07 Å². The lowest BCUT2D eigenvalue weighted by Gasteiger charge is -2.10. The molecule has 0 atom stereocenters. The van der Waals surface area contributed by atoms with E-state index >= 15 is 0 Å². The number of nitrogens with one attached hydrogen (secondary N) is 1. The first-order chi connectivity index (χ1) is 9.83. The fraction of sp³-hybridized carbons (Fsp3) is 0. The van der Waals surface area contributed by atoms with Crippen molar-refractivity contribution in [2.45, 2.75) is 4.90 Å². The van der Waals surface area contributed by atoms with Crippen LogP contribution in [0, 0.1) is 11.3 Å². The van der Waals surface area contributed by atoms with Crippen molar-refractivity contribution in [1.29, 1.82) is 5.26 Å². The number of nitrogens with zero attached hydrogens (tertiary/aromatic N) is 2. The Kier molecular flexibility index (Phi) is 4.74. The summed E-state index contributed by atoms with van der Waals surface area (Å²) < 4.78 is 27.4. The Morgan fingerprint density at radius 2 is 2.00 bits per heavy atom. The largest absolute Gasteiger partial charge is 0.276 e. The molecular formula is C12H6BrCl2N3O2S. The van der Waals surface area contributed by atoms with Gasteiger partial charge >= 0.3 is 0 Å². The average molecular weight is 407 g/mol.